The zero-order valence-corrected chi connectivity index (χ0v) is 31.2. The van der Waals surface area contributed by atoms with Crippen LogP contribution in [-0.2, 0) is 28.4 Å². The Kier molecular flexibility index (Phi) is 10.4. The van der Waals surface area contributed by atoms with Gasteiger partial charge < -0.3 is 64.2 Å². The molecule has 0 radical (unpaired) electrons. The standard InChI is InChI=1S/C39H64O13/c1-18-7-12-39(47-17-18)19(2)28-25(52-39)14-24-22-6-5-20-13-21(8-10-37(20,3)23(22)9-11-38(24,28)4)48-35-33(46)31(44)34(27(16-41)50-35)51-36-32(45)30(43)29(42)26(15-40)49-36/h18-36,40-46H,5-17H2,1-4H3/t18-,19+,20?,21?,22?,23?,24?,25+,26-,27+,28+,29-,30+,31-,32-,33-,34-,35-,36-,37+,38+,39-/m1/s1. The lowest BCUT2D eigenvalue weighted by Gasteiger charge is -2.61. The lowest BCUT2D eigenvalue weighted by molar-refractivity contribution is -0.364. The first-order chi connectivity index (χ1) is 24.7. The van der Waals surface area contributed by atoms with Gasteiger partial charge in [0.05, 0.1) is 32.0 Å². The van der Waals surface area contributed by atoms with Crippen LogP contribution in [0.4, 0.5) is 0 Å². The minimum atomic E-state index is -1.71. The van der Waals surface area contributed by atoms with Crippen molar-refractivity contribution in [1.29, 1.82) is 0 Å². The number of aliphatic hydroxyl groups is 7. The van der Waals surface area contributed by atoms with Gasteiger partial charge >= 0.3 is 0 Å². The van der Waals surface area contributed by atoms with E-state index in [4.69, 9.17) is 28.4 Å². The molecule has 5 unspecified atom stereocenters. The largest absolute Gasteiger partial charge is 0.394 e. The van der Waals surface area contributed by atoms with Crippen LogP contribution in [0.5, 0.6) is 0 Å². The van der Waals surface area contributed by atoms with Gasteiger partial charge in [-0.1, -0.05) is 27.7 Å². The third-order valence-electron chi connectivity index (χ3n) is 16.2. The van der Waals surface area contributed by atoms with Crippen molar-refractivity contribution in [3.8, 4) is 0 Å². The van der Waals surface area contributed by atoms with Crippen LogP contribution in [0.1, 0.15) is 91.9 Å². The fourth-order valence-corrected chi connectivity index (χ4v) is 13.2. The minimum Gasteiger partial charge on any atom is -0.394 e. The summed E-state index contributed by atoms with van der Waals surface area (Å²) in [6.07, 6.45) is -3.66. The van der Waals surface area contributed by atoms with Crippen molar-refractivity contribution >= 4 is 0 Å². The Hall–Kier alpha value is -0.520. The van der Waals surface area contributed by atoms with Crippen LogP contribution in [0.2, 0.25) is 0 Å². The summed E-state index contributed by atoms with van der Waals surface area (Å²) in [4.78, 5) is 0. The first-order valence-electron chi connectivity index (χ1n) is 20.3. The summed E-state index contributed by atoms with van der Waals surface area (Å²) in [5.74, 6) is 3.63. The summed E-state index contributed by atoms with van der Waals surface area (Å²) in [6.45, 7) is 9.33. The summed E-state index contributed by atoms with van der Waals surface area (Å²) in [6, 6.07) is 0. The third kappa shape index (κ3) is 5.98. The second kappa shape index (κ2) is 14.1. The molecule has 0 aromatic carbocycles. The Morgan fingerprint density at radius 1 is 0.673 bits per heavy atom. The number of aliphatic hydroxyl groups excluding tert-OH is 7. The molecule has 1 spiro atoms. The molecule has 4 saturated carbocycles. The van der Waals surface area contributed by atoms with E-state index in [9.17, 15) is 35.7 Å². The topological polar surface area (TPSA) is 197 Å². The molecule has 4 aliphatic carbocycles. The lowest BCUT2D eigenvalue weighted by Crippen LogP contribution is -2.65. The van der Waals surface area contributed by atoms with E-state index in [1.165, 1.54) is 25.7 Å². The molecule has 8 fully saturated rings. The highest BCUT2D eigenvalue weighted by molar-refractivity contribution is 5.15. The van der Waals surface area contributed by atoms with Gasteiger partial charge in [-0.05, 0) is 104 Å². The normalized spacial score (nSPS) is 59.0. The first-order valence-corrected chi connectivity index (χ1v) is 20.3. The zero-order valence-electron chi connectivity index (χ0n) is 31.2. The van der Waals surface area contributed by atoms with Crippen LogP contribution in [-0.4, -0.2) is 135 Å². The molecule has 7 N–H and O–H groups in total. The summed E-state index contributed by atoms with van der Waals surface area (Å²) in [7, 11) is 0. The van der Waals surface area contributed by atoms with Crippen LogP contribution in [0.25, 0.3) is 0 Å². The maximum Gasteiger partial charge on any atom is 0.187 e. The molecule has 4 saturated heterocycles. The summed E-state index contributed by atoms with van der Waals surface area (Å²) < 4.78 is 37.0. The first kappa shape index (κ1) is 38.4. The summed E-state index contributed by atoms with van der Waals surface area (Å²) in [5, 5.41) is 72.8. The van der Waals surface area contributed by atoms with Gasteiger partial charge in [0.1, 0.15) is 48.8 Å². The van der Waals surface area contributed by atoms with Crippen LogP contribution in [0.15, 0.2) is 0 Å². The van der Waals surface area contributed by atoms with Gasteiger partial charge in [-0.3, -0.25) is 0 Å². The molecule has 0 aromatic heterocycles. The van der Waals surface area contributed by atoms with E-state index in [1.54, 1.807) is 0 Å². The quantitative estimate of drug-likeness (QED) is 0.194. The highest BCUT2D eigenvalue weighted by Gasteiger charge is 2.69. The van der Waals surface area contributed by atoms with Crippen LogP contribution in [0, 0.1) is 52.3 Å². The predicted molar refractivity (Wildman–Crippen MR) is 183 cm³/mol. The number of fused-ring (bicyclic) bond motifs is 7. The molecule has 8 rings (SSSR count). The highest BCUT2D eigenvalue weighted by atomic mass is 16.7. The Morgan fingerprint density at radius 3 is 2.08 bits per heavy atom. The molecule has 0 aromatic rings. The van der Waals surface area contributed by atoms with Gasteiger partial charge in [0.2, 0.25) is 0 Å². The molecule has 52 heavy (non-hydrogen) atoms. The molecule has 22 atom stereocenters. The van der Waals surface area contributed by atoms with E-state index in [2.05, 4.69) is 27.7 Å². The van der Waals surface area contributed by atoms with Crippen molar-refractivity contribution in [1.82, 2.24) is 0 Å². The molecular weight excluding hydrogens is 676 g/mol. The van der Waals surface area contributed by atoms with Crippen molar-refractivity contribution in [2.75, 3.05) is 19.8 Å². The SMILES string of the molecule is C[C@@H]1CC[C@@]2(OC1)O[C@H]1CC3C4CCC5CC(O[C@@H]6O[C@@H](CO)[C@@H](O[C@H]7O[C@H](CO)[C@@H](O)[C@H](O)[C@H]7O)[C@H](O)[C@H]6O)CC[C@]5(C)C4CC[C@]3(C)[C@H]1[C@@H]2C. The van der Waals surface area contributed by atoms with Gasteiger partial charge in [-0.15, -0.1) is 0 Å². The molecule has 0 amide bonds. The van der Waals surface area contributed by atoms with E-state index < -0.39 is 80.4 Å². The summed E-state index contributed by atoms with van der Waals surface area (Å²) in [5.41, 5.74) is 0.468. The van der Waals surface area contributed by atoms with Crippen molar-refractivity contribution in [3.63, 3.8) is 0 Å². The Balaban J connectivity index is 0.892. The van der Waals surface area contributed by atoms with Crippen LogP contribution in [0.3, 0.4) is 0 Å². The second-order valence-electron chi connectivity index (χ2n) is 18.7. The molecule has 8 aliphatic rings. The maximum absolute atomic E-state index is 11.2. The van der Waals surface area contributed by atoms with E-state index in [0.29, 0.717) is 41.4 Å². The zero-order chi connectivity index (χ0) is 36.9. The van der Waals surface area contributed by atoms with Crippen LogP contribution < -0.4 is 0 Å². The lowest BCUT2D eigenvalue weighted by atomic mass is 9.44. The molecule has 0 bridgehead atoms. The molecule has 13 nitrogen and oxygen atoms in total. The van der Waals surface area contributed by atoms with Gasteiger partial charge in [-0.2, -0.15) is 0 Å². The number of ether oxygens (including phenoxy) is 6. The van der Waals surface area contributed by atoms with Gasteiger partial charge in [0.15, 0.2) is 18.4 Å². The van der Waals surface area contributed by atoms with Gasteiger partial charge in [0, 0.05) is 12.3 Å². The van der Waals surface area contributed by atoms with E-state index in [1.807, 2.05) is 0 Å². The third-order valence-corrected chi connectivity index (χ3v) is 16.2. The minimum absolute atomic E-state index is 0.188. The molecule has 298 valence electrons. The average Bonchev–Trinajstić information content (AvgIpc) is 3.58. The highest BCUT2D eigenvalue weighted by Crippen LogP contribution is 2.71. The molecule has 13 heteroatoms. The smallest absolute Gasteiger partial charge is 0.187 e. The van der Waals surface area contributed by atoms with Crippen LogP contribution >= 0.6 is 0 Å². The fourth-order valence-electron chi connectivity index (χ4n) is 13.2. The van der Waals surface area contributed by atoms with Crippen molar-refractivity contribution in [2.24, 2.45) is 52.3 Å². The second-order valence-corrected chi connectivity index (χ2v) is 18.7. The number of rotatable bonds is 6. The fraction of sp³-hybridized carbons (Fsp3) is 1.00. The van der Waals surface area contributed by atoms with E-state index in [-0.39, 0.29) is 23.0 Å². The average molecular weight is 741 g/mol. The Morgan fingerprint density at radius 2 is 1.37 bits per heavy atom. The Labute approximate surface area is 307 Å². The van der Waals surface area contributed by atoms with Gasteiger partial charge in [0.25, 0.3) is 0 Å². The van der Waals surface area contributed by atoms with Gasteiger partial charge in [-0.25, -0.2) is 0 Å². The number of hydrogen-bond donors (Lipinski definition) is 7. The Bertz CT molecular complexity index is 1260. The van der Waals surface area contributed by atoms with Crippen molar-refractivity contribution in [2.45, 2.75) is 171 Å². The van der Waals surface area contributed by atoms with E-state index >= 15 is 0 Å². The molecule has 4 aliphatic heterocycles. The molecular formula is C39H64O13. The summed E-state index contributed by atoms with van der Waals surface area (Å²) >= 11 is 0. The van der Waals surface area contributed by atoms with Crippen molar-refractivity contribution in [3.05, 3.63) is 0 Å². The maximum atomic E-state index is 11.2. The molecule has 4 heterocycles. The predicted octanol–water partition coefficient (Wildman–Crippen LogP) is 1.44. The van der Waals surface area contributed by atoms with Crippen molar-refractivity contribution < 1.29 is 64.2 Å². The monoisotopic (exact) mass is 740 g/mol. The van der Waals surface area contributed by atoms with E-state index in [0.717, 1.165) is 45.1 Å². The number of hydrogen-bond acceptors (Lipinski definition) is 13.